The van der Waals surface area contributed by atoms with E-state index in [1.807, 2.05) is 6.07 Å². The third-order valence-corrected chi connectivity index (χ3v) is 2.71. The second-order valence-corrected chi connectivity index (χ2v) is 3.90. The number of nitrogens with zero attached hydrogens (tertiary/aromatic N) is 3. The lowest BCUT2D eigenvalue weighted by atomic mass is 10.0. The second-order valence-electron chi connectivity index (χ2n) is 3.90. The van der Waals surface area contributed by atoms with E-state index in [2.05, 4.69) is 0 Å². The first-order valence-corrected chi connectivity index (χ1v) is 5.46. The Labute approximate surface area is 113 Å². The van der Waals surface area contributed by atoms with E-state index >= 15 is 0 Å². The van der Waals surface area contributed by atoms with E-state index in [4.69, 9.17) is 5.26 Å². The Morgan fingerprint density at radius 3 is 2.10 bits per heavy atom. The molecule has 0 aliphatic heterocycles. The first kappa shape index (κ1) is 13.2. The molecule has 0 aromatic heterocycles. The van der Waals surface area contributed by atoms with E-state index < -0.39 is 9.85 Å². The van der Waals surface area contributed by atoms with E-state index in [-0.39, 0.29) is 16.9 Å². The van der Waals surface area contributed by atoms with E-state index in [0.717, 1.165) is 0 Å². The van der Waals surface area contributed by atoms with Gasteiger partial charge >= 0.3 is 0 Å². The van der Waals surface area contributed by atoms with E-state index in [9.17, 15) is 20.2 Å². The van der Waals surface area contributed by atoms with Crippen LogP contribution in [0.5, 0.6) is 0 Å². The Kier molecular flexibility index (Phi) is 3.39. The zero-order valence-electron chi connectivity index (χ0n) is 10.0. The number of nitro benzene ring substituents is 2. The Morgan fingerprint density at radius 2 is 1.60 bits per heavy atom. The van der Waals surface area contributed by atoms with Crippen molar-refractivity contribution in [3.8, 4) is 17.2 Å². The Bertz CT molecular complexity index is 732. The van der Waals surface area contributed by atoms with Gasteiger partial charge in [-0.1, -0.05) is 0 Å². The van der Waals surface area contributed by atoms with E-state index in [1.54, 1.807) is 0 Å². The smallest absolute Gasteiger partial charge is 0.258 e. The molecule has 0 saturated heterocycles. The standard InChI is InChI=1S/C13H7N3O4/c14-8-9-1-6-12(13(7-9)16(19)20)10-2-4-11(5-3-10)15(17)18/h1-7H. The molecular formula is C13H7N3O4. The van der Waals surface area contributed by atoms with Crippen LogP contribution in [0, 0.1) is 31.6 Å². The van der Waals surface area contributed by atoms with Gasteiger partial charge in [-0.25, -0.2) is 0 Å². The van der Waals surface area contributed by atoms with Gasteiger partial charge < -0.3 is 0 Å². The summed E-state index contributed by atoms with van der Waals surface area (Å²) < 4.78 is 0. The quantitative estimate of drug-likeness (QED) is 0.628. The summed E-state index contributed by atoms with van der Waals surface area (Å²) in [6.07, 6.45) is 0. The van der Waals surface area contributed by atoms with Crippen molar-refractivity contribution in [1.29, 1.82) is 5.26 Å². The van der Waals surface area contributed by atoms with Gasteiger partial charge in [0.2, 0.25) is 0 Å². The van der Waals surface area contributed by atoms with Crippen LogP contribution in [0.1, 0.15) is 5.56 Å². The molecule has 0 atom stereocenters. The summed E-state index contributed by atoms with van der Waals surface area (Å²) in [5.74, 6) is 0. The summed E-state index contributed by atoms with van der Waals surface area (Å²) in [7, 11) is 0. The fourth-order valence-corrected chi connectivity index (χ4v) is 1.76. The van der Waals surface area contributed by atoms with Gasteiger partial charge in [-0.3, -0.25) is 20.2 Å². The molecule has 0 saturated carbocycles. The maximum Gasteiger partial charge on any atom is 0.278 e. The van der Waals surface area contributed by atoms with Gasteiger partial charge in [0.15, 0.2) is 0 Å². The number of hydrogen-bond acceptors (Lipinski definition) is 5. The van der Waals surface area contributed by atoms with Crippen molar-refractivity contribution in [2.24, 2.45) is 0 Å². The maximum absolute atomic E-state index is 11.0. The normalized spacial score (nSPS) is 9.75. The topological polar surface area (TPSA) is 110 Å². The highest BCUT2D eigenvalue weighted by atomic mass is 16.6. The van der Waals surface area contributed by atoms with Crippen LogP contribution in [-0.4, -0.2) is 9.85 Å². The highest BCUT2D eigenvalue weighted by Crippen LogP contribution is 2.31. The molecular weight excluding hydrogens is 262 g/mol. The number of rotatable bonds is 3. The fourth-order valence-electron chi connectivity index (χ4n) is 1.76. The van der Waals surface area contributed by atoms with Crippen LogP contribution in [0.15, 0.2) is 42.5 Å². The molecule has 98 valence electrons. The van der Waals surface area contributed by atoms with Crippen molar-refractivity contribution in [2.45, 2.75) is 0 Å². The summed E-state index contributed by atoms with van der Waals surface area (Å²) in [4.78, 5) is 20.5. The fraction of sp³-hybridized carbons (Fsp3) is 0. The molecule has 2 rings (SSSR count). The summed E-state index contributed by atoms with van der Waals surface area (Å²) in [6.45, 7) is 0. The van der Waals surface area contributed by atoms with E-state index in [0.29, 0.717) is 11.1 Å². The van der Waals surface area contributed by atoms with Crippen LogP contribution in [0.3, 0.4) is 0 Å². The highest BCUT2D eigenvalue weighted by molar-refractivity contribution is 5.75. The summed E-state index contributed by atoms with van der Waals surface area (Å²) >= 11 is 0. The molecule has 7 heteroatoms. The molecule has 2 aromatic rings. The minimum Gasteiger partial charge on any atom is -0.258 e. The third-order valence-electron chi connectivity index (χ3n) is 2.71. The van der Waals surface area contributed by atoms with Crippen molar-refractivity contribution in [3.63, 3.8) is 0 Å². The van der Waals surface area contributed by atoms with Gasteiger partial charge in [0.1, 0.15) is 0 Å². The number of benzene rings is 2. The molecule has 2 aromatic carbocycles. The summed E-state index contributed by atoms with van der Waals surface area (Å²) in [5, 5.41) is 30.4. The van der Waals surface area contributed by atoms with Crippen molar-refractivity contribution in [3.05, 3.63) is 68.3 Å². The maximum atomic E-state index is 11.0. The largest absolute Gasteiger partial charge is 0.278 e. The van der Waals surface area contributed by atoms with Crippen LogP contribution in [0.4, 0.5) is 11.4 Å². The Balaban J connectivity index is 2.54. The van der Waals surface area contributed by atoms with E-state index in [1.165, 1.54) is 42.5 Å². The average molecular weight is 269 g/mol. The molecule has 0 amide bonds. The summed E-state index contributed by atoms with van der Waals surface area (Å²) in [5.41, 5.74) is 0.668. The third kappa shape index (κ3) is 2.44. The summed E-state index contributed by atoms with van der Waals surface area (Å²) in [6, 6.07) is 11.4. The molecule has 0 bridgehead atoms. The minimum atomic E-state index is -0.586. The number of hydrogen-bond donors (Lipinski definition) is 0. The second kappa shape index (κ2) is 5.16. The molecule has 0 radical (unpaired) electrons. The monoisotopic (exact) mass is 269 g/mol. The molecule has 0 aliphatic carbocycles. The highest BCUT2D eigenvalue weighted by Gasteiger charge is 2.17. The van der Waals surface area contributed by atoms with Crippen LogP contribution in [-0.2, 0) is 0 Å². The van der Waals surface area contributed by atoms with Gasteiger partial charge in [-0.05, 0) is 29.8 Å². The van der Waals surface area contributed by atoms with Crippen LogP contribution < -0.4 is 0 Å². The van der Waals surface area contributed by atoms with Crippen LogP contribution in [0.25, 0.3) is 11.1 Å². The molecule has 0 N–H and O–H groups in total. The van der Waals surface area contributed by atoms with Gasteiger partial charge in [0.05, 0.1) is 27.0 Å². The minimum absolute atomic E-state index is 0.0925. The zero-order valence-corrected chi connectivity index (χ0v) is 10.0. The van der Waals surface area contributed by atoms with Crippen LogP contribution >= 0.6 is 0 Å². The zero-order chi connectivity index (χ0) is 14.7. The number of non-ortho nitro benzene ring substituents is 1. The SMILES string of the molecule is N#Cc1ccc(-c2ccc([N+](=O)[O-])cc2)c([N+](=O)[O-])c1. The lowest BCUT2D eigenvalue weighted by Gasteiger charge is -2.03. The molecule has 0 fully saturated rings. The van der Waals surface area contributed by atoms with Gasteiger partial charge in [0, 0.05) is 18.2 Å². The van der Waals surface area contributed by atoms with Crippen molar-refractivity contribution in [1.82, 2.24) is 0 Å². The van der Waals surface area contributed by atoms with Crippen molar-refractivity contribution >= 4 is 11.4 Å². The number of nitro groups is 2. The average Bonchev–Trinajstić information content (AvgIpc) is 2.46. The molecule has 7 nitrogen and oxygen atoms in total. The first-order chi connectivity index (χ1) is 9.52. The van der Waals surface area contributed by atoms with Crippen molar-refractivity contribution < 1.29 is 9.85 Å². The Hall–Kier alpha value is -3.27. The van der Waals surface area contributed by atoms with Gasteiger partial charge in [-0.2, -0.15) is 5.26 Å². The molecule has 20 heavy (non-hydrogen) atoms. The first-order valence-electron chi connectivity index (χ1n) is 5.46. The molecule has 0 spiro atoms. The molecule has 0 heterocycles. The van der Waals surface area contributed by atoms with Crippen molar-refractivity contribution in [2.75, 3.05) is 0 Å². The van der Waals surface area contributed by atoms with Crippen LogP contribution in [0.2, 0.25) is 0 Å². The predicted molar refractivity (Wildman–Crippen MR) is 69.9 cm³/mol. The lowest BCUT2D eigenvalue weighted by molar-refractivity contribution is -0.385. The number of nitriles is 1. The molecule has 0 aliphatic rings. The van der Waals surface area contributed by atoms with Gasteiger partial charge in [-0.15, -0.1) is 0 Å². The molecule has 0 unspecified atom stereocenters. The Morgan fingerprint density at radius 1 is 0.950 bits per heavy atom. The predicted octanol–water partition coefficient (Wildman–Crippen LogP) is 3.04. The lowest BCUT2D eigenvalue weighted by Crippen LogP contribution is -1.93. The van der Waals surface area contributed by atoms with Gasteiger partial charge in [0.25, 0.3) is 11.4 Å².